The van der Waals surface area contributed by atoms with E-state index >= 15 is 0 Å². The van der Waals surface area contributed by atoms with E-state index in [1.165, 1.54) is 0 Å². The first-order chi connectivity index (χ1) is 9.63. The zero-order valence-corrected chi connectivity index (χ0v) is 12.2. The number of carbonyl (C=O) groups is 1. The monoisotopic (exact) mass is 271 g/mol. The zero-order chi connectivity index (χ0) is 14.5. The molecule has 2 rings (SSSR count). The molecule has 0 bridgehead atoms. The number of rotatable bonds is 5. The standard InChI is InChI=1S/C16H21N3O/c1-4-17-11-13-7-5-6-8-14(13)18-16(20)15-10-9-12(2)19(15)3/h5-10,17H,4,11H2,1-3H3,(H,18,20). The molecule has 0 saturated heterocycles. The van der Waals surface area contributed by atoms with Crippen molar-refractivity contribution in [2.24, 2.45) is 7.05 Å². The molecule has 0 atom stereocenters. The van der Waals surface area contributed by atoms with Gasteiger partial charge in [0.2, 0.25) is 0 Å². The highest BCUT2D eigenvalue weighted by Gasteiger charge is 2.12. The minimum absolute atomic E-state index is 0.0791. The molecular formula is C16H21N3O. The largest absolute Gasteiger partial charge is 0.344 e. The van der Waals surface area contributed by atoms with Crippen LogP contribution in [0, 0.1) is 6.92 Å². The second kappa shape index (κ2) is 6.39. The summed E-state index contributed by atoms with van der Waals surface area (Å²) in [5.41, 5.74) is 3.68. The molecule has 106 valence electrons. The van der Waals surface area contributed by atoms with Crippen LogP contribution in [0.3, 0.4) is 0 Å². The number of nitrogens with one attached hydrogen (secondary N) is 2. The fourth-order valence-electron chi connectivity index (χ4n) is 2.08. The topological polar surface area (TPSA) is 46.1 Å². The van der Waals surface area contributed by atoms with Gasteiger partial charge in [0.1, 0.15) is 5.69 Å². The van der Waals surface area contributed by atoms with E-state index in [1.807, 2.05) is 54.9 Å². The molecule has 0 spiro atoms. The minimum atomic E-state index is -0.0791. The molecule has 1 aromatic heterocycles. The maximum absolute atomic E-state index is 12.3. The molecule has 2 N–H and O–H groups in total. The number of hydrogen-bond donors (Lipinski definition) is 2. The molecule has 1 heterocycles. The van der Waals surface area contributed by atoms with E-state index in [1.54, 1.807) is 0 Å². The van der Waals surface area contributed by atoms with Gasteiger partial charge in [0.05, 0.1) is 0 Å². The van der Waals surface area contributed by atoms with Crippen molar-refractivity contribution in [3.63, 3.8) is 0 Å². The number of anilines is 1. The van der Waals surface area contributed by atoms with Gasteiger partial charge >= 0.3 is 0 Å². The third kappa shape index (κ3) is 3.08. The van der Waals surface area contributed by atoms with Crippen LogP contribution >= 0.6 is 0 Å². The molecule has 0 unspecified atom stereocenters. The molecule has 0 aliphatic rings. The van der Waals surface area contributed by atoms with Gasteiger partial charge in [-0.25, -0.2) is 0 Å². The Morgan fingerprint density at radius 1 is 1.20 bits per heavy atom. The van der Waals surface area contributed by atoms with Crippen LogP contribution in [-0.4, -0.2) is 17.0 Å². The second-order valence-corrected chi connectivity index (χ2v) is 4.81. The van der Waals surface area contributed by atoms with Gasteiger partial charge in [0.25, 0.3) is 5.91 Å². The van der Waals surface area contributed by atoms with Crippen LogP contribution in [-0.2, 0) is 13.6 Å². The SMILES string of the molecule is CCNCc1ccccc1NC(=O)c1ccc(C)n1C. The van der Waals surface area contributed by atoms with E-state index < -0.39 is 0 Å². The van der Waals surface area contributed by atoms with Crippen LogP contribution in [0.5, 0.6) is 0 Å². The van der Waals surface area contributed by atoms with E-state index in [0.29, 0.717) is 5.69 Å². The van der Waals surface area contributed by atoms with Crippen LogP contribution in [0.4, 0.5) is 5.69 Å². The van der Waals surface area contributed by atoms with Gasteiger partial charge in [-0.05, 0) is 37.2 Å². The van der Waals surface area contributed by atoms with Crippen LogP contribution < -0.4 is 10.6 Å². The molecule has 1 aromatic carbocycles. The smallest absolute Gasteiger partial charge is 0.272 e. The van der Waals surface area contributed by atoms with Gasteiger partial charge in [-0.3, -0.25) is 4.79 Å². The molecule has 0 aliphatic heterocycles. The predicted molar refractivity (Wildman–Crippen MR) is 81.9 cm³/mol. The van der Waals surface area contributed by atoms with E-state index in [4.69, 9.17) is 0 Å². The van der Waals surface area contributed by atoms with Crippen molar-refractivity contribution in [1.82, 2.24) is 9.88 Å². The summed E-state index contributed by atoms with van der Waals surface area (Å²) in [5, 5.41) is 6.27. The van der Waals surface area contributed by atoms with Gasteiger partial charge in [-0.1, -0.05) is 25.1 Å². The summed E-state index contributed by atoms with van der Waals surface area (Å²) >= 11 is 0. The molecule has 2 aromatic rings. The van der Waals surface area contributed by atoms with Gasteiger partial charge in [0.15, 0.2) is 0 Å². The molecule has 4 nitrogen and oxygen atoms in total. The van der Waals surface area contributed by atoms with Crippen LogP contribution in [0.1, 0.15) is 28.7 Å². The number of amides is 1. The number of carbonyl (C=O) groups excluding carboxylic acids is 1. The second-order valence-electron chi connectivity index (χ2n) is 4.81. The highest BCUT2D eigenvalue weighted by molar-refractivity contribution is 6.03. The highest BCUT2D eigenvalue weighted by atomic mass is 16.1. The Kier molecular flexibility index (Phi) is 4.58. The molecule has 0 aliphatic carbocycles. The molecule has 1 amide bonds. The summed E-state index contributed by atoms with van der Waals surface area (Å²) in [6.07, 6.45) is 0. The first-order valence-electron chi connectivity index (χ1n) is 6.85. The first-order valence-corrected chi connectivity index (χ1v) is 6.85. The summed E-state index contributed by atoms with van der Waals surface area (Å²) in [6, 6.07) is 11.7. The van der Waals surface area contributed by atoms with Gasteiger partial charge < -0.3 is 15.2 Å². The number of benzene rings is 1. The quantitative estimate of drug-likeness (QED) is 0.878. The maximum atomic E-state index is 12.3. The molecular weight excluding hydrogens is 250 g/mol. The van der Waals surface area contributed by atoms with Crippen LogP contribution in [0.15, 0.2) is 36.4 Å². The number of aromatic nitrogens is 1. The Bertz CT molecular complexity index is 602. The average molecular weight is 271 g/mol. The number of hydrogen-bond acceptors (Lipinski definition) is 2. The van der Waals surface area contributed by atoms with Crippen molar-refractivity contribution in [3.05, 3.63) is 53.3 Å². The number of nitrogens with zero attached hydrogens (tertiary/aromatic N) is 1. The molecule has 0 saturated carbocycles. The summed E-state index contributed by atoms with van der Waals surface area (Å²) < 4.78 is 1.89. The van der Waals surface area contributed by atoms with Crippen molar-refractivity contribution in [1.29, 1.82) is 0 Å². The van der Waals surface area contributed by atoms with Crippen LogP contribution in [0.2, 0.25) is 0 Å². The van der Waals surface area contributed by atoms with Crippen molar-refractivity contribution in [3.8, 4) is 0 Å². The number of para-hydroxylation sites is 1. The van der Waals surface area contributed by atoms with E-state index in [-0.39, 0.29) is 5.91 Å². The third-order valence-corrected chi connectivity index (χ3v) is 3.44. The average Bonchev–Trinajstić information content (AvgIpc) is 2.78. The lowest BCUT2D eigenvalue weighted by Gasteiger charge is -2.12. The first kappa shape index (κ1) is 14.3. The normalized spacial score (nSPS) is 10.6. The highest BCUT2D eigenvalue weighted by Crippen LogP contribution is 2.16. The Morgan fingerprint density at radius 2 is 1.95 bits per heavy atom. The fourth-order valence-corrected chi connectivity index (χ4v) is 2.08. The van der Waals surface area contributed by atoms with Crippen molar-refractivity contribution in [2.45, 2.75) is 20.4 Å². The predicted octanol–water partition coefficient (Wildman–Crippen LogP) is 2.70. The molecule has 0 fully saturated rings. The summed E-state index contributed by atoms with van der Waals surface area (Å²) in [6.45, 7) is 5.70. The maximum Gasteiger partial charge on any atom is 0.272 e. The minimum Gasteiger partial charge on any atom is -0.344 e. The molecule has 4 heteroatoms. The lowest BCUT2D eigenvalue weighted by Crippen LogP contribution is -2.19. The van der Waals surface area contributed by atoms with E-state index in [2.05, 4.69) is 17.6 Å². The van der Waals surface area contributed by atoms with Gasteiger partial charge in [0, 0.05) is 25.0 Å². The zero-order valence-electron chi connectivity index (χ0n) is 12.2. The van der Waals surface area contributed by atoms with E-state index in [9.17, 15) is 4.79 Å². The Labute approximate surface area is 119 Å². The lowest BCUT2D eigenvalue weighted by molar-refractivity contribution is 0.101. The molecule has 0 radical (unpaired) electrons. The van der Waals surface area contributed by atoms with Crippen LogP contribution in [0.25, 0.3) is 0 Å². The summed E-state index contributed by atoms with van der Waals surface area (Å²) in [7, 11) is 1.90. The summed E-state index contributed by atoms with van der Waals surface area (Å²) in [5.74, 6) is -0.0791. The Hall–Kier alpha value is -2.07. The fraction of sp³-hybridized carbons (Fsp3) is 0.312. The molecule has 20 heavy (non-hydrogen) atoms. The van der Waals surface area contributed by atoms with Crippen molar-refractivity contribution < 1.29 is 4.79 Å². The van der Waals surface area contributed by atoms with Gasteiger partial charge in [-0.2, -0.15) is 0 Å². The lowest BCUT2D eigenvalue weighted by atomic mass is 10.1. The Morgan fingerprint density at radius 3 is 2.60 bits per heavy atom. The van der Waals surface area contributed by atoms with E-state index in [0.717, 1.165) is 30.0 Å². The third-order valence-electron chi connectivity index (χ3n) is 3.44. The Balaban J connectivity index is 2.17. The summed E-state index contributed by atoms with van der Waals surface area (Å²) in [4.78, 5) is 12.3. The van der Waals surface area contributed by atoms with Gasteiger partial charge in [-0.15, -0.1) is 0 Å². The van der Waals surface area contributed by atoms with Crippen molar-refractivity contribution >= 4 is 11.6 Å². The number of aryl methyl sites for hydroxylation is 1. The van der Waals surface area contributed by atoms with Crippen molar-refractivity contribution in [2.75, 3.05) is 11.9 Å².